The molecule has 0 amide bonds. The average Bonchev–Trinajstić information content (AvgIpc) is 1.81. The van der Waals surface area contributed by atoms with E-state index in [1.54, 1.807) is 0 Å². The van der Waals surface area contributed by atoms with Crippen molar-refractivity contribution in [3.63, 3.8) is 0 Å². The van der Waals surface area contributed by atoms with E-state index in [1.165, 1.54) is 0 Å². The van der Waals surface area contributed by atoms with Crippen LogP contribution >= 0.6 is 22.2 Å². The maximum absolute atomic E-state index is 8.54. The molecule has 0 heterocycles. The highest BCUT2D eigenvalue weighted by Gasteiger charge is 2.25. The van der Waals surface area contributed by atoms with Crippen molar-refractivity contribution in [3.05, 3.63) is 0 Å². The minimum Gasteiger partial charge on any atom is -0.198 e. The fraction of sp³-hybridized carbons (Fsp3) is 0.833. The fourth-order valence-electron chi connectivity index (χ4n) is 0.714. The summed E-state index contributed by atoms with van der Waals surface area (Å²) in [5.41, 5.74) is 0. The summed E-state index contributed by atoms with van der Waals surface area (Å²) in [5.74, 6) is 0.0478. The summed E-state index contributed by atoms with van der Waals surface area (Å²) in [6, 6.07) is 2.86. The van der Waals surface area contributed by atoms with Gasteiger partial charge in [0.2, 0.25) is 6.69 Å². The Bertz CT molecular complexity index is 136. The largest absolute Gasteiger partial charge is 0.249 e. The lowest BCUT2D eigenvalue weighted by Gasteiger charge is -2.12. The van der Waals surface area contributed by atoms with Crippen LogP contribution in [0.15, 0.2) is 0 Å². The quantitative estimate of drug-likeness (QED) is 0.502. The lowest BCUT2D eigenvalue weighted by molar-refractivity contribution is 0.706. The Balaban J connectivity index is 3.78. The van der Waals surface area contributed by atoms with Crippen LogP contribution in [0.2, 0.25) is 12.6 Å². The molecule has 0 N–H and O–H groups in total. The molecule has 0 aromatic carbocycles. The van der Waals surface area contributed by atoms with Crippen molar-refractivity contribution in [2.45, 2.75) is 25.9 Å². The monoisotopic (exact) mass is 195 g/mol. The van der Waals surface area contributed by atoms with Crippen LogP contribution in [-0.2, 0) is 0 Å². The standard InChI is InChI=1S/C6H11Cl2NSi/c1-3-6(4-9)5-10(2,7)8/h6H,3,5H2,1-2H3. The maximum atomic E-state index is 8.54. The molecular formula is C6H11Cl2NSi. The number of nitrogens with zero attached hydrogens (tertiary/aromatic N) is 1. The highest BCUT2D eigenvalue weighted by Crippen LogP contribution is 2.25. The van der Waals surface area contributed by atoms with Crippen molar-refractivity contribution >= 4 is 28.9 Å². The summed E-state index contributed by atoms with van der Waals surface area (Å²) in [6.45, 7) is 1.78. The van der Waals surface area contributed by atoms with Gasteiger partial charge in [0.05, 0.1) is 6.07 Å². The molecule has 10 heavy (non-hydrogen) atoms. The van der Waals surface area contributed by atoms with Crippen molar-refractivity contribution in [2.75, 3.05) is 0 Å². The zero-order valence-corrected chi connectivity index (χ0v) is 8.71. The van der Waals surface area contributed by atoms with Gasteiger partial charge in [-0.1, -0.05) is 6.92 Å². The molecule has 0 aliphatic heterocycles. The molecule has 58 valence electrons. The Hall–Kier alpha value is 0.287. The summed E-state index contributed by atoms with van der Waals surface area (Å²) < 4.78 is 0. The Kier molecular flexibility index (Phi) is 4.35. The second-order valence-corrected chi connectivity index (χ2v) is 10.6. The first kappa shape index (κ1) is 10.3. The fourth-order valence-corrected chi connectivity index (χ4v) is 3.08. The van der Waals surface area contributed by atoms with Gasteiger partial charge in [-0.25, -0.2) is 0 Å². The number of hydrogen-bond donors (Lipinski definition) is 0. The third-order valence-corrected chi connectivity index (χ3v) is 3.42. The van der Waals surface area contributed by atoms with Gasteiger partial charge in [0.25, 0.3) is 0 Å². The Morgan fingerprint density at radius 2 is 2.10 bits per heavy atom. The van der Waals surface area contributed by atoms with Gasteiger partial charge in [0.1, 0.15) is 0 Å². The van der Waals surface area contributed by atoms with Crippen molar-refractivity contribution in [1.29, 1.82) is 5.26 Å². The number of halogens is 2. The smallest absolute Gasteiger partial charge is 0.198 e. The molecule has 0 aromatic heterocycles. The van der Waals surface area contributed by atoms with Gasteiger partial charge in [-0.3, -0.25) is 0 Å². The lowest BCUT2D eigenvalue weighted by Crippen LogP contribution is -2.17. The van der Waals surface area contributed by atoms with Gasteiger partial charge in [0.15, 0.2) is 0 Å². The molecule has 0 saturated carbocycles. The molecule has 0 fully saturated rings. The minimum atomic E-state index is -2.04. The molecule has 0 rings (SSSR count). The zero-order chi connectivity index (χ0) is 8.20. The SMILES string of the molecule is CCC(C#N)C[Si](C)(Cl)Cl. The molecule has 0 saturated heterocycles. The number of rotatable bonds is 3. The summed E-state index contributed by atoms with van der Waals surface area (Å²) in [6.07, 6.45) is 0.846. The summed E-state index contributed by atoms with van der Waals surface area (Å²) in [4.78, 5) is 0. The lowest BCUT2D eigenvalue weighted by atomic mass is 10.1. The predicted molar refractivity (Wildman–Crippen MR) is 47.5 cm³/mol. The summed E-state index contributed by atoms with van der Waals surface area (Å²) in [7, 11) is 0. The molecule has 0 spiro atoms. The first-order valence-electron chi connectivity index (χ1n) is 3.27. The molecule has 1 nitrogen and oxygen atoms in total. The maximum Gasteiger partial charge on any atom is 0.249 e. The average molecular weight is 196 g/mol. The van der Waals surface area contributed by atoms with E-state index in [2.05, 4.69) is 6.07 Å². The van der Waals surface area contributed by atoms with Crippen LogP contribution in [0.25, 0.3) is 0 Å². The van der Waals surface area contributed by atoms with E-state index in [1.807, 2.05) is 13.5 Å². The molecule has 0 radical (unpaired) electrons. The highest BCUT2D eigenvalue weighted by atomic mass is 35.7. The molecule has 1 atom stereocenters. The first-order valence-corrected chi connectivity index (χ1v) is 8.00. The van der Waals surface area contributed by atoms with Crippen molar-refractivity contribution in [1.82, 2.24) is 0 Å². The van der Waals surface area contributed by atoms with Gasteiger partial charge in [-0.15, -0.1) is 22.2 Å². The summed E-state index contributed by atoms with van der Waals surface area (Å²) >= 11 is 11.7. The highest BCUT2D eigenvalue weighted by molar-refractivity contribution is 7.44. The topological polar surface area (TPSA) is 23.8 Å². The molecule has 0 bridgehead atoms. The van der Waals surface area contributed by atoms with Gasteiger partial charge in [-0.05, 0) is 19.0 Å². The second-order valence-electron chi connectivity index (χ2n) is 2.51. The van der Waals surface area contributed by atoms with E-state index in [-0.39, 0.29) is 5.92 Å². The third-order valence-electron chi connectivity index (χ3n) is 1.28. The van der Waals surface area contributed by atoms with Crippen LogP contribution in [0, 0.1) is 17.2 Å². The minimum absolute atomic E-state index is 0.0478. The van der Waals surface area contributed by atoms with Crippen LogP contribution < -0.4 is 0 Å². The molecule has 1 unspecified atom stereocenters. The van der Waals surface area contributed by atoms with Gasteiger partial charge in [-0.2, -0.15) is 5.26 Å². The molecule has 0 aromatic rings. The normalized spacial score (nSPS) is 14.3. The van der Waals surface area contributed by atoms with Crippen molar-refractivity contribution in [2.24, 2.45) is 5.92 Å². The van der Waals surface area contributed by atoms with E-state index in [0.717, 1.165) is 6.42 Å². The second kappa shape index (κ2) is 4.22. The molecule has 4 heteroatoms. The number of nitriles is 1. The van der Waals surface area contributed by atoms with Crippen LogP contribution in [0.3, 0.4) is 0 Å². The third kappa shape index (κ3) is 5.10. The van der Waals surface area contributed by atoms with Gasteiger partial charge >= 0.3 is 0 Å². The predicted octanol–water partition coefficient (Wildman–Crippen LogP) is 3.09. The van der Waals surface area contributed by atoms with E-state index < -0.39 is 6.69 Å². The van der Waals surface area contributed by atoms with Crippen molar-refractivity contribution < 1.29 is 0 Å². The summed E-state index contributed by atoms with van der Waals surface area (Å²) in [5, 5.41) is 8.54. The molecular weight excluding hydrogens is 185 g/mol. The van der Waals surface area contributed by atoms with E-state index in [9.17, 15) is 0 Å². The van der Waals surface area contributed by atoms with Crippen LogP contribution in [-0.4, -0.2) is 6.69 Å². The Labute approximate surface area is 72.4 Å². The number of hydrogen-bond acceptors (Lipinski definition) is 1. The molecule has 0 aliphatic rings. The van der Waals surface area contributed by atoms with Crippen molar-refractivity contribution in [3.8, 4) is 6.07 Å². The van der Waals surface area contributed by atoms with Crippen LogP contribution in [0.4, 0.5) is 0 Å². The Morgan fingerprint density at radius 3 is 2.20 bits per heavy atom. The van der Waals surface area contributed by atoms with Crippen LogP contribution in [0.1, 0.15) is 13.3 Å². The van der Waals surface area contributed by atoms with Gasteiger partial charge in [0, 0.05) is 5.92 Å². The Morgan fingerprint density at radius 1 is 1.60 bits per heavy atom. The van der Waals surface area contributed by atoms with E-state index in [0.29, 0.717) is 6.04 Å². The van der Waals surface area contributed by atoms with E-state index >= 15 is 0 Å². The van der Waals surface area contributed by atoms with E-state index in [4.69, 9.17) is 27.4 Å². The van der Waals surface area contributed by atoms with Crippen LogP contribution in [0.5, 0.6) is 0 Å². The molecule has 0 aliphatic carbocycles. The first-order chi connectivity index (χ1) is 4.49. The van der Waals surface area contributed by atoms with Gasteiger partial charge < -0.3 is 0 Å². The zero-order valence-electron chi connectivity index (χ0n) is 6.19.